The Labute approximate surface area is 162 Å². The maximum absolute atomic E-state index is 12.6. The van der Waals surface area contributed by atoms with Crippen LogP contribution in [0.5, 0.6) is 0 Å². The number of carbonyl (C=O) groups is 1. The molecule has 0 spiro atoms. The van der Waals surface area contributed by atoms with Crippen LogP contribution in [-0.2, 0) is 9.22 Å². The highest BCUT2D eigenvalue weighted by atomic mass is 79.9. The molecule has 3 fully saturated rings. The molecule has 0 radical (unpaired) electrons. The first-order chi connectivity index (χ1) is 11.7. The highest BCUT2D eigenvalue weighted by Crippen LogP contribution is 2.48. The lowest BCUT2D eigenvalue weighted by Gasteiger charge is -2.57. The quantitative estimate of drug-likeness (QED) is 0.560. The molecule has 4 aliphatic rings. The van der Waals surface area contributed by atoms with Crippen molar-refractivity contribution in [2.24, 2.45) is 5.92 Å². The Kier molecular flexibility index (Phi) is 5.71. The SMILES string of the molecule is CC(C)[Si](O[C@H]1C[C@H]2C(=O)C[C@@H]1N1CCC(Br)=C[C@H]21)(C(C)C)C(C)C. The van der Waals surface area contributed by atoms with Crippen molar-refractivity contribution in [1.82, 2.24) is 4.90 Å². The summed E-state index contributed by atoms with van der Waals surface area (Å²) in [7, 11) is -1.91. The summed E-state index contributed by atoms with van der Waals surface area (Å²) in [5, 5.41) is 0. The molecular formula is C20H34BrNO2Si. The topological polar surface area (TPSA) is 29.5 Å². The van der Waals surface area contributed by atoms with Crippen molar-refractivity contribution in [3.8, 4) is 0 Å². The van der Waals surface area contributed by atoms with E-state index < -0.39 is 8.32 Å². The maximum Gasteiger partial charge on any atom is 0.200 e. The lowest BCUT2D eigenvalue weighted by atomic mass is 9.71. The van der Waals surface area contributed by atoms with Gasteiger partial charge in [0, 0.05) is 31.0 Å². The Morgan fingerprint density at radius 2 is 1.76 bits per heavy atom. The molecule has 0 unspecified atom stereocenters. The zero-order valence-electron chi connectivity index (χ0n) is 16.6. The minimum atomic E-state index is -1.91. The third kappa shape index (κ3) is 3.24. The van der Waals surface area contributed by atoms with Gasteiger partial charge in [-0.15, -0.1) is 0 Å². The van der Waals surface area contributed by atoms with Crippen LogP contribution >= 0.6 is 15.9 Å². The van der Waals surface area contributed by atoms with Gasteiger partial charge in [-0.1, -0.05) is 63.5 Å². The largest absolute Gasteiger partial charge is 0.412 e. The van der Waals surface area contributed by atoms with Crippen molar-refractivity contribution in [3.05, 3.63) is 10.6 Å². The molecule has 0 aromatic carbocycles. The highest BCUT2D eigenvalue weighted by Gasteiger charge is 2.55. The van der Waals surface area contributed by atoms with Gasteiger partial charge in [0.2, 0.25) is 8.32 Å². The third-order valence-electron chi connectivity index (χ3n) is 6.98. The predicted molar refractivity (Wildman–Crippen MR) is 110 cm³/mol. The summed E-state index contributed by atoms with van der Waals surface area (Å²) in [5.74, 6) is 0.580. The number of piperidine rings is 2. The first-order valence-corrected chi connectivity index (χ1v) is 12.9. The molecule has 4 rings (SSSR count). The van der Waals surface area contributed by atoms with Crippen LogP contribution in [0.4, 0.5) is 0 Å². The van der Waals surface area contributed by atoms with E-state index in [0.717, 1.165) is 19.4 Å². The van der Waals surface area contributed by atoms with Gasteiger partial charge in [0.15, 0.2) is 0 Å². The van der Waals surface area contributed by atoms with Crippen molar-refractivity contribution in [2.45, 2.75) is 95.6 Å². The molecule has 2 bridgehead atoms. The van der Waals surface area contributed by atoms with E-state index in [9.17, 15) is 4.79 Å². The van der Waals surface area contributed by atoms with E-state index in [-0.39, 0.29) is 18.1 Å². The summed E-state index contributed by atoms with van der Waals surface area (Å²) in [6, 6.07) is 0.574. The van der Waals surface area contributed by atoms with E-state index in [2.05, 4.69) is 68.4 Å². The van der Waals surface area contributed by atoms with Gasteiger partial charge >= 0.3 is 0 Å². The Morgan fingerprint density at radius 1 is 1.16 bits per heavy atom. The van der Waals surface area contributed by atoms with E-state index in [1.165, 1.54) is 4.48 Å². The van der Waals surface area contributed by atoms with Gasteiger partial charge in [-0.3, -0.25) is 9.69 Å². The van der Waals surface area contributed by atoms with Gasteiger partial charge in [0.1, 0.15) is 5.78 Å². The van der Waals surface area contributed by atoms with Crippen molar-refractivity contribution in [2.75, 3.05) is 6.54 Å². The Bertz CT molecular complexity index is 538. The summed E-state index contributed by atoms with van der Waals surface area (Å²) in [6.45, 7) is 15.1. The number of ketones is 1. The van der Waals surface area contributed by atoms with E-state index in [4.69, 9.17) is 4.43 Å². The van der Waals surface area contributed by atoms with Crippen molar-refractivity contribution in [3.63, 3.8) is 0 Å². The number of rotatable bonds is 5. The summed E-state index contributed by atoms with van der Waals surface area (Å²) in [5.41, 5.74) is 1.78. The molecule has 3 heterocycles. The lowest BCUT2D eigenvalue weighted by molar-refractivity contribution is -0.145. The molecule has 0 N–H and O–H groups in total. The lowest BCUT2D eigenvalue weighted by Crippen LogP contribution is -2.67. The van der Waals surface area contributed by atoms with E-state index in [1.807, 2.05) is 0 Å². The monoisotopic (exact) mass is 427 g/mol. The fraction of sp³-hybridized carbons (Fsp3) is 0.850. The molecule has 1 saturated carbocycles. The number of Topliss-reactive ketones (excluding diaryl/α,β-unsaturated/α-hetero) is 1. The number of fused-ring (bicyclic) bond motifs is 2. The summed E-state index contributed by atoms with van der Waals surface area (Å²) in [6.07, 6.45) is 5.19. The molecule has 142 valence electrons. The van der Waals surface area contributed by atoms with Crippen molar-refractivity contribution in [1.29, 1.82) is 0 Å². The number of hydrogen-bond donors (Lipinski definition) is 0. The van der Waals surface area contributed by atoms with Crippen LogP contribution in [-0.4, -0.2) is 43.7 Å². The molecule has 0 aromatic heterocycles. The smallest absolute Gasteiger partial charge is 0.200 e. The summed E-state index contributed by atoms with van der Waals surface area (Å²) >= 11 is 3.66. The van der Waals surface area contributed by atoms with E-state index in [1.54, 1.807) is 0 Å². The predicted octanol–water partition coefficient (Wildman–Crippen LogP) is 5.26. The second kappa shape index (κ2) is 7.21. The molecule has 0 amide bonds. The van der Waals surface area contributed by atoms with Crippen LogP contribution in [0.15, 0.2) is 10.6 Å². The maximum atomic E-state index is 12.6. The molecule has 2 saturated heterocycles. The zero-order valence-corrected chi connectivity index (χ0v) is 19.2. The number of hydrogen-bond acceptors (Lipinski definition) is 3. The van der Waals surface area contributed by atoms with Gasteiger partial charge in [-0.2, -0.15) is 0 Å². The minimum Gasteiger partial charge on any atom is -0.412 e. The van der Waals surface area contributed by atoms with Crippen LogP contribution in [0.3, 0.4) is 0 Å². The standard InChI is InChI=1S/C20H34BrNO2Si/c1-12(2)25(13(3)4,14(5)6)24-20-10-16-17-9-15(21)7-8-22(17)18(20)11-19(16)23/h9,12-14,16-18,20H,7-8,10-11H2,1-6H3/t16-,17-,18+,20+/m1/s1. The number of carbonyl (C=O) groups excluding carboxylic acids is 1. The van der Waals surface area contributed by atoms with Crippen LogP contribution in [0, 0.1) is 5.92 Å². The van der Waals surface area contributed by atoms with Crippen LogP contribution < -0.4 is 0 Å². The summed E-state index contributed by atoms with van der Waals surface area (Å²) in [4.78, 5) is 15.2. The van der Waals surface area contributed by atoms with Gasteiger partial charge in [-0.05, 0) is 33.9 Å². The first kappa shape index (κ1) is 19.8. The van der Waals surface area contributed by atoms with Gasteiger partial charge < -0.3 is 4.43 Å². The van der Waals surface area contributed by atoms with Gasteiger partial charge in [0.05, 0.1) is 6.10 Å². The fourth-order valence-electron chi connectivity index (χ4n) is 5.97. The molecule has 4 atom stereocenters. The average Bonchev–Trinajstić information content (AvgIpc) is 2.52. The Balaban J connectivity index is 1.89. The number of nitrogens with zero attached hydrogens (tertiary/aromatic N) is 1. The molecular weight excluding hydrogens is 394 g/mol. The Hall–Kier alpha value is 0.0269. The van der Waals surface area contributed by atoms with Crippen molar-refractivity contribution < 1.29 is 9.22 Å². The third-order valence-corrected chi connectivity index (χ3v) is 13.8. The Morgan fingerprint density at radius 3 is 2.32 bits per heavy atom. The normalized spacial score (nSPS) is 33.4. The van der Waals surface area contributed by atoms with Crippen LogP contribution in [0.1, 0.15) is 60.8 Å². The molecule has 0 aromatic rings. The second-order valence-corrected chi connectivity index (χ2v) is 15.6. The fourth-order valence-corrected chi connectivity index (χ4v) is 12.0. The zero-order chi connectivity index (χ0) is 18.5. The minimum absolute atomic E-state index is 0.126. The average molecular weight is 428 g/mol. The molecule has 1 aliphatic carbocycles. The van der Waals surface area contributed by atoms with Gasteiger partial charge in [0.25, 0.3) is 0 Å². The summed E-state index contributed by atoms with van der Waals surface area (Å²) < 4.78 is 8.40. The molecule has 3 aliphatic heterocycles. The van der Waals surface area contributed by atoms with E-state index >= 15 is 0 Å². The first-order valence-electron chi connectivity index (χ1n) is 10.0. The molecule has 3 nitrogen and oxygen atoms in total. The van der Waals surface area contributed by atoms with Crippen LogP contribution in [0.2, 0.25) is 16.6 Å². The highest BCUT2D eigenvalue weighted by molar-refractivity contribution is 9.11. The van der Waals surface area contributed by atoms with Gasteiger partial charge in [-0.25, -0.2) is 0 Å². The van der Waals surface area contributed by atoms with Crippen molar-refractivity contribution >= 4 is 30.0 Å². The van der Waals surface area contributed by atoms with Crippen LogP contribution in [0.25, 0.3) is 0 Å². The second-order valence-electron chi connectivity index (χ2n) is 9.15. The van der Waals surface area contributed by atoms with E-state index in [0.29, 0.717) is 34.9 Å². The molecule has 5 heteroatoms. The number of halogens is 1. The molecule has 25 heavy (non-hydrogen) atoms.